The van der Waals surface area contributed by atoms with E-state index in [1.807, 2.05) is 0 Å². The van der Waals surface area contributed by atoms with Gasteiger partial charge in [-0.15, -0.1) is 0 Å². The van der Waals surface area contributed by atoms with E-state index in [0.717, 1.165) is 12.5 Å². The van der Waals surface area contributed by atoms with Crippen LogP contribution in [0.25, 0.3) is 0 Å². The molecule has 1 saturated carbocycles. The smallest absolute Gasteiger partial charge is 0.00199 e. The highest BCUT2D eigenvalue weighted by Gasteiger charge is 2.26. The van der Waals surface area contributed by atoms with Gasteiger partial charge in [-0.25, -0.2) is 0 Å². The highest BCUT2D eigenvalue weighted by Crippen LogP contribution is 2.38. The number of rotatable bonds is 4. The van der Waals surface area contributed by atoms with Crippen LogP contribution in [0.5, 0.6) is 0 Å². The fourth-order valence-corrected chi connectivity index (χ4v) is 3.35. The lowest BCUT2D eigenvalue weighted by Crippen LogP contribution is -2.23. The molecular weight excluding hydrogens is 206 g/mol. The molecule has 17 heavy (non-hydrogen) atoms. The summed E-state index contributed by atoms with van der Waals surface area (Å²) in [7, 11) is 2.07. The van der Waals surface area contributed by atoms with Gasteiger partial charge in [-0.05, 0) is 56.7 Å². The van der Waals surface area contributed by atoms with Gasteiger partial charge in [-0.3, -0.25) is 0 Å². The molecule has 0 aliphatic heterocycles. The third kappa shape index (κ3) is 2.90. The maximum atomic E-state index is 3.39. The van der Waals surface area contributed by atoms with Crippen molar-refractivity contribution in [2.45, 2.75) is 45.4 Å². The summed E-state index contributed by atoms with van der Waals surface area (Å²) in [6.45, 7) is 5.56. The second kappa shape index (κ2) is 5.68. The van der Waals surface area contributed by atoms with Crippen molar-refractivity contribution < 1.29 is 0 Å². The minimum Gasteiger partial charge on any atom is -0.319 e. The highest BCUT2D eigenvalue weighted by atomic mass is 14.8. The third-order valence-corrected chi connectivity index (χ3v) is 4.22. The van der Waals surface area contributed by atoms with Crippen molar-refractivity contribution in [2.24, 2.45) is 5.92 Å². The predicted molar refractivity (Wildman–Crippen MR) is 74.5 cm³/mol. The van der Waals surface area contributed by atoms with E-state index in [1.54, 1.807) is 5.56 Å². The van der Waals surface area contributed by atoms with Crippen molar-refractivity contribution in [1.82, 2.24) is 5.32 Å². The molecule has 0 amide bonds. The monoisotopic (exact) mass is 231 g/mol. The Morgan fingerprint density at radius 3 is 2.53 bits per heavy atom. The first-order chi connectivity index (χ1) is 8.22. The van der Waals surface area contributed by atoms with Gasteiger partial charge in [0.05, 0.1) is 0 Å². The molecule has 1 aromatic carbocycles. The Labute approximate surface area is 106 Å². The Balaban J connectivity index is 2.24. The van der Waals surface area contributed by atoms with Crippen LogP contribution in [0.15, 0.2) is 18.2 Å². The van der Waals surface area contributed by atoms with Crippen LogP contribution in [-0.4, -0.2) is 13.6 Å². The largest absolute Gasteiger partial charge is 0.319 e. The quantitative estimate of drug-likeness (QED) is 0.831. The Kier molecular flexibility index (Phi) is 4.22. The number of aryl methyl sites for hydroxylation is 2. The Bertz CT molecular complexity index is 364. The minimum atomic E-state index is 0.711. The predicted octanol–water partition coefficient (Wildman–Crippen LogP) is 3.80. The molecule has 1 aromatic rings. The van der Waals surface area contributed by atoms with Crippen molar-refractivity contribution >= 4 is 0 Å². The summed E-state index contributed by atoms with van der Waals surface area (Å²) >= 11 is 0. The first kappa shape index (κ1) is 12.6. The maximum absolute atomic E-state index is 3.39. The molecule has 1 heteroatoms. The highest BCUT2D eigenvalue weighted by molar-refractivity contribution is 5.34. The van der Waals surface area contributed by atoms with Gasteiger partial charge in [0.2, 0.25) is 0 Å². The SMILES string of the molecule is CNCC(c1ccc(C)cc1C)C1CCCC1. The molecule has 1 fully saturated rings. The lowest BCUT2D eigenvalue weighted by molar-refractivity contribution is 0.420. The zero-order chi connectivity index (χ0) is 12.3. The van der Waals surface area contributed by atoms with E-state index in [9.17, 15) is 0 Å². The lowest BCUT2D eigenvalue weighted by Gasteiger charge is -2.25. The van der Waals surface area contributed by atoms with Crippen LogP contribution in [0.4, 0.5) is 0 Å². The van der Waals surface area contributed by atoms with Crippen molar-refractivity contribution in [3.63, 3.8) is 0 Å². The zero-order valence-corrected chi connectivity index (χ0v) is 11.4. The number of likely N-dealkylation sites (N-methyl/N-ethyl adjacent to an activating group) is 1. The Morgan fingerprint density at radius 2 is 1.94 bits per heavy atom. The molecule has 1 nitrogen and oxygen atoms in total. The maximum Gasteiger partial charge on any atom is 0.00199 e. The van der Waals surface area contributed by atoms with Gasteiger partial charge in [0.25, 0.3) is 0 Å². The molecule has 0 aromatic heterocycles. The van der Waals surface area contributed by atoms with E-state index in [4.69, 9.17) is 0 Å². The molecule has 1 aliphatic rings. The van der Waals surface area contributed by atoms with Gasteiger partial charge in [0.15, 0.2) is 0 Å². The van der Waals surface area contributed by atoms with E-state index in [2.05, 4.69) is 44.4 Å². The van der Waals surface area contributed by atoms with Crippen LogP contribution in [0, 0.1) is 19.8 Å². The average Bonchev–Trinajstić information content (AvgIpc) is 2.80. The third-order valence-electron chi connectivity index (χ3n) is 4.22. The van der Waals surface area contributed by atoms with Gasteiger partial charge in [0.1, 0.15) is 0 Å². The molecular formula is C16H25N. The van der Waals surface area contributed by atoms with Crippen LogP contribution < -0.4 is 5.32 Å². The van der Waals surface area contributed by atoms with Crippen LogP contribution >= 0.6 is 0 Å². The fourth-order valence-electron chi connectivity index (χ4n) is 3.35. The second-order valence-corrected chi connectivity index (χ2v) is 5.57. The molecule has 1 unspecified atom stereocenters. The summed E-state index contributed by atoms with van der Waals surface area (Å²) in [6, 6.07) is 6.94. The van der Waals surface area contributed by atoms with Crippen molar-refractivity contribution in [3.05, 3.63) is 34.9 Å². The van der Waals surface area contributed by atoms with E-state index >= 15 is 0 Å². The number of benzene rings is 1. The van der Waals surface area contributed by atoms with E-state index in [0.29, 0.717) is 5.92 Å². The summed E-state index contributed by atoms with van der Waals surface area (Å²) in [5.74, 6) is 1.60. The van der Waals surface area contributed by atoms with Gasteiger partial charge in [-0.1, -0.05) is 36.6 Å². The first-order valence-electron chi connectivity index (χ1n) is 6.94. The zero-order valence-electron chi connectivity index (χ0n) is 11.4. The molecule has 0 heterocycles. The number of hydrogen-bond acceptors (Lipinski definition) is 1. The lowest BCUT2D eigenvalue weighted by atomic mass is 9.82. The van der Waals surface area contributed by atoms with Gasteiger partial charge in [0, 0.05) is 6.54 Å². The summed E-state index contributed by atoms with van der Waals surface area (Å²) in [5.41, 5.74) is 4.41. The Morgan fingerprint density at radius 1 is 1.24 bits per heavy atom. The normalized spacial score (nSPS) is 18.5. The molecule has 1 atom stereocenters. The van der Waals surface area contributed by atoms with Gasteiger partial charge < -0.3 is 5.32 Å². The standard InChI is InChI=1S/C16H25N/c1-12-8-9-15(13(2)10-12)16(11-17-3)14-6-4-5-7-14/h8-10,14,16-17H,4-7,11H2,1-3H3. The molecule has 0 saturated heterocycles. The van der Waals surface area contributed by atoms with Crippen molar-refractivity contribution in [2.75, 3.05) is 13.6 Å². The number of nitrogens with one attached hydrogen (secondary N) is 1. The van der Waals surface area contributed by atoms with E-state index < -0.39 is 0 Å². The summed E-state index contributed by atoms with van der Waals surface area (Å²) in [6.07, 6.45) is 5.69. The van der Waals surface area contributed by atoms with Crippen molar-refractivity contribution in [1.29, 1.82) is 0 Å². The molecule has 94 valence electrons. The number of hydrogen-bond donors (Lipinski definition) is 1. The van der Waals surface area contributed by atoms with E-state index in [-0.39, 0.29) is 0 Å². The molecule has 0 bridgehead atoms. The van der Waals surface area contributed by atoms with Gasteiger partial charge in [-0.2, -0.15) is 0 Å². The van der Waals surface area contributed by atoms with Crippen LogP contribution in [-0.2, 0) is 0 Å². The fraction of sp³-hybridized carbons (Fsp3) is 0.625. The summed E-state index contributed by atoms with van der Waals surface area (Å²) in [5, 5.41) is 3.39. The van der Waals surface area contributed by atoms with Crippen LogP contribution in [0.3, 0.4) is 0 Å². The average molecular weight is 231 g/mol. The summed E-state index contributed by atoms with van der Waals surface area (Å²) in [4.78, 5) is 0. The topological polar surface area (TPSA) is 12.0 Å². The summed E-state index contributed by atoms with van der Waals surface area (Å²) < 4.78 is 0. The molecule has 0 radical (unpaired) electrons. The minimum absolute atomic E-state index is 0.711. The second-order valence-electron chi connectivity index (χ2n) is 5.57. The molecule has 1 N–H and O–H groups in total. The molecule has 2 rings (SSSR count). The van der Waals surface area contributed by atoms with Crippen LogP contribution in [0.1, 0.15) is 48.3 Å². The first-order valence-corrected chi connectivity index (χ1v) is 6.94. The molecule has 1 aliphatic carbocycles. The van der Waals surface area contributed by atoms with Crippen LogP contribution in [0.2, 0.25) is 0 Å². The molecule has 0 spiro atoms. The van der Waals surface area contributed by atoms with Crippen molar-refractivity contribution in [3.8, 4) is 0 Å². The Hall–Kier alpha value is -0.820. The van der Waals surface area contributed by atoms with Gasteiger partial charge >= 0.3 is 0 Å². The van der Waals surface area contributed by atoms with E-state index in [1.165, 1.54) is 36.8 Å².